The van der Waals surface area contributed by atoms with Gasteiger partial charge in [0, 0.05) is 6.20 Å². The Morgan fingerprint density at radius 3 is 2.94 bits per heavy atom. The number of nitrogens with zero attached hydrogens (tertiary/aromatic N) is 2. The van der Waals surface area contributed by atoms with Gasteiger partial charge < -0.3 is 5.11 Å². The summed E-state index contributed by atoms with van der Waals surface area (Å²) in [6.07, 6.45) is 4.45. The van der Waals surface area contributed by atoms with Gasteiger partial charge in [-0.05, 0) is 44.4 Å². The second-order valence-electron chi connectivity index (χ2n) is 4.92. The Morgan fingerprint density at radius 2 is 2.39 bits per heavy atom. The second-order valence-corrected chi connectivity index (χ2v) is 4.92. The van der Waals surface area contributed by atoms with Crippen LogP contribution in [0.15, 0.2) is 18.3 Å². The van der Waals surface area contributed by atoms with E-state index < -0.39 is 5.97 Å². The smallest absolute Gasteiger partial charge is 0.320 e. The lowest BCUT2D eigenvalue weighted by Crippen LogP contribution is -2.38. The first-order chi connectivity index (χ1) is 8.63. The highest BCUT2D eigenvalue weighted by Gasteiger charge is 2.35. The molecule has 98 valence electrons. The third-order valence-corrected chi connectivity index (χ3v) is 3.64. The molecule has 2 atom stereocenters. The number of carboxylic acids is 1. The van der Waals surface area contributed by atoms with E-state index in [-0.39, 0.29) is 12.1 Å². The first kappa shape index (κ1) is 13.0. The molecule has 1 N–H and O–H groups in total. The summed E-state index contributed by atoms with van der Waals surface area (Å²) in [6, 6.07) is 3.82. The quantitative estimate of drug-likeness (QED) is 0.889. The van der Waals surface area contributed by atoms with Crippen LogP contribution in [0.4, 0.5) is 0 Å². The summed E-state index contributed by atoms with van der Waals surface area (Å²) in [4.78, 5) is 17.8. The number of pyridine rings is 1. The molecule has 0 aromatic carbocycles. The Morgan fingerprint density at radius 1 is 1.61 bits per heavy atom. The van der Waals surface area contributed by atoms with Crippen molar-refractivity contribution in [2.45, 2.75) is 45.2 Å². The van der Waals surface area contributed by atoms with Gasteiger partial charge in [-0.25, -0.2) is 0 Å². The Bertz CT molecular complexity index is 416. The monoisotopic (exact) mass is 248 g/mol. The van der Waals surface area contributed by atoms with Gasteiger partial charge in [-0.2, -0.15) is 0 Å². The molecule has 0 radical (unpaired) electrons. The fraction of sp³-hybridized carbons (Fsp3) is 0.571. The molecule has 0 spiro atoms. The zero-order chi connectivity index (χ0) is 13.1. The van der Waals surface area contributed by atoms with Gasteiger partial charge in [0.25, 0.3) is 0 Å². The predicted octanol–water partition coefficient (Wildman–Crippen LogP) is 2.39. The minimum atomic E-state index is -0.710. The highest BCUT2D eigenvalue weighted by molar-refractivity contribution is 5.73. The maximum Gasteiger partial charge on any atom is 0.320 e. The molecule has 0 aliphatic carbocycles. The Balaban J connectivity index is 2.22. The second kappa shape index (κ2) is 5.48. The van der Waals surface area contributed by atoms with Crippen molar-refractivity contribution in [3.05, 3.63) is 29.6 Å². The minimum absolute atomic E-state index is 0.120. The van der Waals surface area contributed by atoms with Crippen molar-refractivity contribution < 1.29 is 9.90 Å². The highest BCUT2D eigenvalue weighted by Crippen LogP contribution is 2.30. The van der Waals surface area contributed by atoms with Crippen molar-refractivity contribution in [2.24, 2.45) is 0 Å². The maximum absolute atomic E-state index is 11.3. The van der Waals surface area contributed by atoms with Gasteiger partial charge in [0.2, 0.25) is 0 Å². The van der Waals surface area contributed by atoms with Crippen molar-refractivity contribution in [1.82, 2.24) is 9.88 Å². The van der Waals surface area contributed by atoms with Crippen LogP contribution in [0.25, 0.3) is 0 Å². The molecule has 1 fully saturated rings. The van der Waals surface area contributed by atoms with Crippen LogP contribution in [0.1, 0.15) is 43.5 Å². The molecule has 0 amide bonds. The van der Waals surface area contributed by atoms with Crippen molar-refractivity contribution in [2.75, 3.05) is 6.54 Å². The third-order valence-electron chi connectivity index (χ3n) is 3.64. The first-order valence-corrected chi connectivity index (χ1v) is 6.54. The molecule has 0 bridgehead atoms. The minimum Gasteiger partial charge on any atom is -0.480 e. The molecule has 1 aromatic rings. The van der Waals surface area contributed by atoms with Crippen LogP contribution in [0.5, 0.6) is 0 Å². The molecule has 2 heterocycles. The number of likely N-dealkylation sites (tertiary alicyclic amines) is 1. The fourth-order valence-electron chi connectivity index (χ4n) is 2.72. The molecule has 4 nitrogen and oxygen atoms in total. The molecule has 1 aliphatic heterocycles. The SMILES string of the molecule is CCC(c1ccc(C)cn1)N1CCCC1C(=O)O. The van der Waals surface area contributed by atoms with Crippen LogP contribution >= 0.6 is 0 Å². The standard InChI is InChI=1S/C14H20N2O2/c1-3-12(11-7-6-10(2)9-15-11)16-8-4-5-13(16)14(17)18/h6-7,9,12-13H,3-5,8H2,1-2H3,(H,17,18). The number of aromatic nitrogens is 1. The average Bonchev–Trinajstić information content (AvgIpc) is 2.82. The van der Waals surface area contributed by atoms with Crippen LogP contribution in [0.2, 0.25) is 0 Å². The molecule has 1 aliphatic rings. The molecule has 1 saturated heterocycles. The van der Waals surface area contributed by atoms with E-state index in [1.165, 1.54) is 0 Å². The summed E-state index contributed by atoms with van der Waals surface area (Å²) in [5, 5.41) is 9.26. The Kier molecular flexibility index (Phi) is 3.97. The Labute approximate surface area is 108 Å². The van der Waals surface area contributed by atoms with E-state index in [9.17, 15) is 9.90 Å². The summed E-state index contributed by atoms with van der Waals surface area (Å²) < 4.78 is 0. The summed E-state index contributed by atoms with van der Waals surface area (Å²) in [7, 11) is 0. The molecular weight excluding hydrogens is 228 g/mol. The lowest BCUT2D eigenvalue weighted by molar-refractivity contribution is -0.143. The van der Waals surface area contributed by atoms with Gasteiger partial charge in [-0.1, -0.05) is 13.0 Å². The van der Waals surface area contributed by atoms with E-state index in [2.05, 4.69) is 16.8 Å². The Hall–Kier alpha value is -1.42. The van der Waals surface area contributed by atoms with Crippen molar-refractivity contribution in [3.8, 4) is 0 Å². The van der Waals surface area contributed by atoms with E-state index in [0.29, 0.717) is 0 Å². The summed E-state index contributed by atoms with van der Waals surface area (Å²) >= 11 is 0. The van der Waals surface area contributed by atoms with Crippen LogP contribution in [0, 0.1) is 6.92 Å². The number of carbonyl (C=O) groups is 1. The lowest BCUT2D eigenvalue weighted by Gasteiger charge is -2.30. The first-order valence-electron chi connectivity index (χ1n) is 6.54. The lowest BCUT2D eigenvalue weighted by atomic mass is 10.1. The topological polar surface area (TPSA) is 53.4 Å². The van der Waals surface area contributed by atoms with E-state index >= 15 is 0 Å². The van der Waals surface area contributed by atoms with Gasteiger partial charge in [0.05, 0.1) is 11.7 Å². The zero-order valence-electron chi connectivity index (χ0n) is 11.0. The summed E-state index contributed by atoms with van der Waals surface area (Å²) in [5.41, 5.74) is 2.11. The van der Waals surface area contributed by atoms with E-state index in [4.69, 9.17) is 0 Å². The largest absolute Gasteiger partial charge is 0.480 e. The number of carboxylic acid groups (broad SMARTS) is 1. The normalized spacial score (nSPS) is 22.0. The molecule has 0 saturated carbocycles. The average molecular weight is 248 g/mol. The van der Waals surface area contributed by atoms with E-state index in [0.717, 1.165) is 37.1 Å². The van der Waals surface area contributed by atoms with Crippen molar-refractivity contribution >= 4 is 5.97 Å². The fourth-order valence-corrected chi connectivity index (χ4v) is 2.72. The van der Waals surface area contributed by atoms with Crippen LogP contribution in [-0.2, 0) is 4.79 Å². The van der Waals surface area contributed by atoms with Crippen molar-refractivity contribution in [1.29, 1.82) is 0 Å². The summed E-state index contributed by atoms with van der Waals surface area (Å²) in [6.45, 7) is 4.95. The number of aryl methyl sites for hydroxylation is 1. The maximum atomic E-state index is 11.3. The van der Waals surface area contributed by atoms with Gasteiger partial charge in [0.1, 0.15) is 6.04 Å². The number of rotatable bonds is 4. The van der Waals surface area contributed by atoms with Gasteiger partial charge in [-0.3, -0.25) is 14.7 Å². The molecule has 2 unspecified atom stereocenters. The number of hydrogen-bond donors (Lipinski definition) is 1. The van der Waals surface area contributed by atoms with Gasteiger partial charge >= 0.3 is 5.97 Å². The van der Waals surface area contributed by atoms with Crippen molar-refractivity contribution in [3.63, 3.8) is 0 Å². The van der Waals surface area contributed by atoms with Crippen LogP contribution < -0.4 is 0 Å². The van der Waals surface area contributed by atoms with Gasteiger partial charge in [-0.15, -0.1) is 0 Å². The zero-order valence-corrected chi connectivity index (χ0v) is 11.0. The van der Waals surface area contributed by atoms with Crippen LogP contribution in [0.3, 0.4) is 0 Å². The van der Waals surface area contributed by atoms with Gasteiger partial charge in [0.15, 0.2) is 0 Å². The predicted molar refractivity (Wildman–Crippen MR) is 69.4 cm³/mol. The molecule has 4 heteroatoms. The molecule has 18 heavy (non-hydrogen) atoms. The van der Waals surface area contributed by atoms with E-state index in [1.54, 1.807) is 0 Å². The number of aliphatic carboxylic acids is 1. The highest BCUT2D eigenvalue weighted by atomic mass is 16.4. The number of hydrogen-bond acceptors (Lipinski definition) is 3. The van der Waals surface area contributed by atoms with Crippen LogP contribution in [-0.4, -0.2) is 33.5 Å². The molecular formula is C14H20N2O2. The third kappa shape index (κ3) is 2.53. The summed E-state index contributed by atoms with van der Waals surface area (Å²) in [5.74, 6) is -0.710. The molecule has 1 aromatic heterocycles. The van der Waals surface area contributed by atoms with E-state index in [1.807, 2.05) is 25.3 Å². The molecule has 2 rings (SSSR count).